The predicted octanol–water partition coefficient (Wildman–Crippen LogP) is 4.81. The molecule has 0 aromatic heterocycles. The summed E-state index contributed by atoms with van der Waals surface area (Å²) < 4.78 is 7.44. The summed E-state index contributed by atoms with van der Waals surface area (Å²) in [5.74, 6) is 0. The molecule has 0 radical (unpaired) electrons. The predicted molar refractivity (Wildman–Crippen MR) is 81.1 cm³/mol. The van der Waals surface area contributed by atoms with Crippen molar-refractivity contribution in [2.45, 2.75) is 45.5 Å². The molecule has 0 heterocycles. The summed E-state index contributed by atoms with van der Waals surface area (Å²) in [6.45, 7) is 12.1. The largest absolute Gasteiger partial charge is 0.413 e. The lowest BCUT2D eigenvalue weighted by Gasteiger charge is -2.36. The van der Waals surface area contributed by atoms with Crippen molar-refractivity contribution in [1.82, 2.24) is 0 Å². The Morgan fingerprint density at radius 2 is 1.88 bits per heavy atom. The molecule has 0 amide bonds. The molecule has 16 heavy (non-hydrogen) atoms. The van der Waals surface area contributed by atoms with Gasteiger partial charge in [-0.05, 0) is 58.4 Å². The second-order valence-corrected chi connectivity index (χ2v) is 11.7. The van der Waals surface area contributed by atoms with E-state index in [0.29, 0.717) is 0 Å². The molecule has 0 aliphatic rings. The van der Waals surface area contributed by atoms with Crippen LogP contribution in [0.2, 0.25) is 18.1 Å². The Labute approximate surface area is 114 Å². The molecule has 0 aliphatic heterocycles. The average molecular weight is 348 g/mol. The number of hydrogen-bond donors (Lipinski definition) is 0. The Balaban J connectivity index is 2.65. The van der Waals surface area contributed by atoms with Crippen LogP contribution in [0.5, 0.6) is 0 Å². The van der Waals surface area contributed by atoms with Gasteiger partial charge in [-0.1, -0.05) is 32.9 Å². The van der Waals surface area contributed by atoms with Crippen LogP contribution >= 0.6 is 22.6 Å². The number of rotatable bonds is 3. The molecule has 0 atom stereocenters. The maximum atomic E-state index is 6.17. The average Bonchev–Trinajstić information content (AvgIpc) is 2.13. The van der Waals surface area contributed by atoms with Gasteiger partial charge in [-0.15, -0.1) is 0 Å². The lowest BCUT2D eigenvalue weighted by atomic mass is 10.2. The van der Waals surface area contributed by atoms with Crippen molar-refractivity contribution in [3.8, 4) is 0 Å². The summed E-state index contributed by atoms with van der Waals surface area (Å²) in [4.78, 5) is 0. The molecule has 0 N–H and O–H groups in total. The fourth-order valence-corrected chi connectivity index (χ4v) is 2.68. The van der Waals surface area contributed by atoms with Gasteiger partial charge in [0.25, 0.3) is 0 Å². The third-order valence-electron chi connectivity index (χ3n) is 3.29. The number of hydrogen-bond acceptors (Lipinski definition) is 1. The van der Waals surface area contributed by atoms with Crippen molar-refractivity contribution in [3.05, 3.63) is 33.4 Å². The molecule has 0 aliphatic carbocycles. The summed E-state index contributed by atoms with van der Waals surface area (Å²) in [5, 5.41) is 0.287. The third-order valence-corrected chi connectivity index (χ3v) is 8.44. The monoisotopic (exact) mass is 348 g/mol. The van der Waals surface area contributed by atoms with Gasteiger partial charge in [0.1, 0.15) is 0 Å². The maximum Gasteiger partial charge on any atom is 0.192 e. The van der Waals surface area contributed by atoms with Crippen LogP contribution in [0.25, 0.3) is 0 Å². The number of benzene rings is 1. The molecule has 3 heteroatoms. The fraction of sp³-hybridized carbons (Fsp3) is 0.538. The quantitative estimate of drug-likeness (QED) is 0.562. The van der Waals surface area contributed by atoms with Crippen LogP contribution < -0.4 is 0 Å². The first-order valence-corrected chi connectivity index (χ1v) is 9.59. The van der Waals surface area contributed by atoms with E-state index < -0.39 is 8.32 Å². The summed E-state index contributed by atoms with van der Waals surface area (Å²) in [6, 6.07) is 8.52. The van der Waals surface area contributed by atoms with Crippen LogP contribution in [0.15, 0.2) is 24.3 Å². The fourth-order valence-electron chi connectivity index (χ4n) is 1.11. The van der Waals surface area contributed by atoms with Gasteiger partial charge in [0.15, 0.2) is 8.32 Å². The van der Waals surface area contributed by atoms with Crippen LogP contribution in [0.3, 0.4) is 0 Å². The molecule has 1 aromatic carbocycles. The van der Waals surface area contributed by atoms with E-state index >= 15 is 0 Å². The minimum atomic E-state index is -1.61. The second-order valence-electron chi connectivity index (χ2n) is 5.68. The van der Waals surface area contributed by atoms with E-state index in [2.05, 4.69) is 80.7 Å². The van der Waals surface area contributed by atoms with Gasteiger partial charge in [0.05, 0.1) is 6.61 Å². The van der Waals surface area contributed by atoms with Crippen LogP contribution in [0.1, 0.15) is 26.3 Å². The molecule has 1 nitrogen and oxygen atoms in total. The van der Waals surface area contributed by atoms with Gasteiger partial charge in [-0.2, -0.15) is 0 Å². The molecule has 1 aromatic rings. The van der Waals surface area contributed by atoms with Gasteiger partial charge in [0, 0.05) is 3.57 Å². The molecule has 0 spiro atoms. The van der Waals surface area contributed by atoms with Crippen LogP contribution in [-0.2, 0) is 11.0 Å². The molecule has 1 rings (SSSR count). The lowest BCUT2D eigenvalue weighted by molar-refractivity contribution is 0.276. The summed E-state index contributed by atoms with van der Waals surface area (Å²) in [5.41, 5.74) is 1.27. The zero-order chi connectivity index (χ0) is 12.4. The Kier molecular flexibility index (Phi) is 4.60. The van der Waals surface area contributed by atoms with E-state index in [-0.39, 0.29) is 5.04 Å². The van der Waals surface area contributed by atoms with Crippen molar-refractivity contribution in [2.75, 3.05) is 0 Å². The second kappa shape index (κ2) is 5.19. The van der Waals surface area contributed by atoms with Gasteiger partial charge in [-0.3, -0.25) is 0 Å². The molecule has 0 saturated heterocycles. The zero-order valence-corrected chi connectivity index (χ0v) is 14.0. The van der Waals surface area contributed by atoms with E-state index in [4.69, 9.17) is 4.43 Å². The number of halogens is 1. The van der Waals surface area contributed by atoms with Gasteiger partial charge >= 0.3 is 0 Å². The molecular weight excluding hydrogens is 327 g/mol. The van der Waals surface area contributed by atoms with Crippen molar-refractivity contribution >= 4 is 30.9 Å². The normalized spacial score (nSPS) is 12.9. The van der Waals surface area contributed by atoms with E-state index in [0.717, 1.165) is 6.61 Å². The lowest BCUT2D eigenvalue weighted by Crippen LogP contribution is -2.40. The van der Waals surface area contributed by atoms with Gasteiger partial charge in [0.2, 0.25) is 0 Å². The maximum absolute atomic E-state index is 6.17. The summed E-state index contributed by atoms with van der Waals surface area (Å²) >= 11 is 2.34. The molecule has 90 valence electrons. The standard InChI is InChI=1S/C13H21IOSi/c1-13(2,3)16(4,5)15-10-11-7-6-8-12(14)9-11/h6-9H,10H2,1-5H3. The third kappa shape index (κ3) is 3.86. The first kappa shape index (κ1) is 14.2. The molecule has 0 bridgehead atoms. The van der Waals surface area contributed by atoms with E-state index in [1.807, 2.05) is 0 Å². The van der Waals surface area contributed by atoms with Gasteiger partial charge in [-0.25, -0.2) is 0 Å². The first-order valence-electron chi connectivity index (χ1n) is 5.61. The Morgan fingerprint density at radius 1 is 1.25 bits per heavy atom. The zero-order valence-electron chi connectivity index (χ0n) is 10.8. The van der Waals surface area contributed by atoms with Crippen LogP contribution in [0, 0.1) is 3.57 Å². The van der Waals surface area contributed by atoms with Crippen molar-refractivity contribution in [3.63, 3.8) is 0 Å². The van der Waals surface area contributed by atoms with E-state index in [1.165, 1.54) is 9.13 Å². The SMILES string of the molecule is CC(C)(C)[Si](C)(C)OCc1cccc(I)c1. The Bertz CT molecular complexity index is 355. The first-order chi connectivity index (χ1) is 7.22. The highest BCUT2D eigenvalue weighted by Crippen LogP contribution is 2.37. The Hall–Kier alpha value is 0.127. The summed E-state index contributed by atoms with van der Waals surface area (Å²) in [7, 11) is -1.61. The van der Waals surface area contributed by atoms with Crippen molar-refractivity contribution < 1.29 is 4.43 Å². The molecule has 0 fully saturated rings. The minimum absolute atomic E-state index is 0.287. The highest BCUT2D eigenvalue weighted by atomic mass is 127. The molecule has 0 unspecified atom stereocenters. The van der Waals surface area contributed by atoms with Crippen LogP contribution in [-0.4, -0.2) is 8.32 Å². The van der Waals surface area contributed by atoms with Crippen molar-refractivity contribution in [1.29, 1.82) is 0 Å². The topological polar surface area (TPSA) is 9.23 Å². The molecule has 0 saturated carbocycles. The summed E-state index contributed by atoms with van der Waals surface area (Å²) in [6.07, 6.45) is 0. The Morgan fingerprint density at radius 3 is 2.38 bits per heavy atom. The minimum Gasteiger partial charge on any atom is -0.413 e. The van der Waals surface area contributed by atoms with E-state index in [1.54, 1.807) is 0 Å². The van der Waals surface area contributed by atoms with E-state index in [9.17, 15) is 0 Å². The highest BCUT2D eigenvalue weighted by molar-refractivity contribution is 14.1. The van der Waals surface area contributed by atoms with Gasteiger partial charge < -0.3 is 4.43 Å². The van der Waals surface area contributed by atoms with Crippen LogP contribution in [0.4, 0.5) is 0 Å². The van der Waals surface area contributed by atoms with Crippen molar-refractivity contribution in [2.24, 2.45) is 0 Å². The smallest absolute Gasteiger partial charge is 0.192 e. The highest BCUT2D eigenvalue weighted by Gasteiger charge is 2.36. The molecular formula is C13H21IOSi.